The molecule has 0 aromatic rings. The molecule has 36 heavy (non-hydrogen) atoms. The second kappa shape index (κ2) is 31.6. The third-order valence-electron chi connectivity index (χ3n) is 2.67. The Hall–Kier alpha value is 0.370. The molecule has 0 radical (unpaired) electrons. The van der Waals surface area contributed by atoms with Gasteiger partial charge in [0.1, 0.15) is 19.9 Å². The van der Waals surface area contributed by atoms with Gasteiger partial charge in [0.15, 0.2) is 16.9 Å². The Bertz CT molecular complexity index is 578. The van der Waals surface area contributed by atoms with Gasteiger partial charge in [0, 0.05) is 38.5 Å². The number of hydrogen-bond donors (Lipinski definition) is 12. The summed E-state index contributed by atoms with van der Waals surface area (Å²) in [5.74, 6) is 0. The molecule has 0 saturated heterocycles. The van der Waals surface area contributed by atoms with Crippen molar-refractivity contribution < 1.29 is 72.6 Å². The standard InChI is InChI=1S/C5H16N3O3P.C3H10O6P2.C3H6O2P2.2CH4O2/c6-1-3-8(4-2-7)5-12(9,10)11;4-10(5,6)2-1-3-11(7,8)9;4-6-2-1-3-7-5;2*2-1-3/h1-7H2,(H2,9,10,11);1-3H2,(H2,4,5,6)(H2,7,8,9);1-3H2;2*2-3H,1H2. The summed E-state index contributed by atoms with van der Waals surface area (Å²) in [5, 5.41) is 28.5. The maximum absolute atomic E-state index is 10.6. The summed E-state index contributed by atoms with van der Waals surface area (Å²) < 4.78 is 50.2. The number of rotatable bonds is 14. The largest absolute Gasteiger partial charge is 0.371 e. The molecule has 0 aliphatic carbocycles. The molecule has 0 atom stereocenters. The average Bonchev–Trinajstić information content (AvgIpc) is 2.68. The quantitative estimate of drug-likeness (QED) is 0.0553. The van der Waals surface area contributed by atoms with Crippen molar-refractivity contribution in [2.75, 3.05) is 70.7 Å². The van der Waals surface area contributed by atoms with Gasteiger partial charge in [-0.15, -0.1) is 0 Å². The van der Waals surface area contributed by atoms with E-state index in [1.807, 2.05) is 0 Å². The molecule has 222 valence electrons. The summed E-state index contributed by atoms with van der Waals surface area (Å²) in [4.78, 5) is 51.9. The predicted octanol–water partition coefficient (Wildman–Crippen LogP) is -2.11. The molecule has 14 N–H and O–H groups in total. The topological polar surface area (TPSA) is 343 Å². The summed E-state index contributed by atoms with van der Waals surface area (Å²) in [6.07, 6.45) is 0.687. The van der Waals surface area contributed by atoms with Crippen molar-refractivity contribution in [3.05, 3.63) is 0 Å². The minimum Gasteiger partial charge on any atom is -0.371 e. The Kier molecular flexibility index (Phi) is 40.6. The third-order valence-corrected chi connectivity index (χ3v) is 6.24. The Morgan fingerprint density at radius 3 is 1.11 bits per heavy atom. The molecule has 0 aromatic carbocycles. The second-order valence-electron chi connectivity index (χ2n) is 5.97. The second-order valence-corrected chi connectivity index (χ2v) is 12.5. The van der Waals surface area contributed by atoms with Gasteiger partial charge in [-0.2, -0.15) is 0 Å². The van der Waals surface area contributed by atoms with Crippen LogP contribution in [0.4, 0.5) is 0 Å². The molecule has 0 bridgehead atoms. The highest BCUT2D eigenvalue weighted by molar-refractivity contribution is 7.52. The molecule has 0 saturated carbocycles. The van der Waals surface area contributed by atoms with Crippen LogP contribution in [-0.2, 0) is 22.8 Å². The zero-order chi connectivity index (χ0) is 29.7. The first-order valence-corrected chi connectivity index (χ1v) is 17.1. The van der Waals surface area contributed by atoms with Gasteiger partial charge in [0.2, 0.25) is 0 Å². The van der Waals surface area contributed by atoms with Crippen LogP contribution in [-0.4, -0.2) is 125 Å². The van der Waals surface area contributed by atoms with Gasteiger partial charge in [-0.1, -0.05) is 0 Å². The normalized spacial score (nSPS) is 11.2. The van der Waals surface area contributed by atoms with Crippen molar-refractivity contribution in [1.82, 2.24) is 4.90 Å². The van der Waals surface area contributed by atoms with Gasteiger partial charge in [-0.3, -0.25) is 27.7 Å². The Morgan fingerprint density at radius 2 is 0.917 bits per heavy atom. The molecule has 0 rings (SSSR count). The first-order valence-electron chi connectivity index (χ1n) is 9.72. The molecule has 18 nitrogen and oxygen atoms in total. The van der Waals surface area contributed by atoms with E-state index in [0.29, 0.717) is 38.5 Å². The van der Waals surface area contributed by atoms with E-state index in [9.17, 15) is 22.8 Å². The van der Waals surface area contributed by atoms with E-state index in [1.54, 1.807) is 4.90 Å². The zero-order valence-electron chi connectivity index (χ0n) is 19.5. The van der Waals surface area contributed by atoms with Crippen molar-refractivity contribution in [2.45, 2.75) is 12.8 Å². The van der Waals surface area contributed by atoms with E-state index in [1.165, 1.54) is 0 Å². The summed E-state index contributed by atoms with van der Waals surface area (Å²) >= 11 is 0. The summed E-state index contributed by atoms with van der Waals surface area (Å²) in [5.41, 5.74) is 10.5. The highest BCUT2D eigenvalue weighted by atomic mass is 31.2. The van der Waals surface area contributed by atoms with Crippen LogP contribution in [0.15, 0.2) is 0 Å². The SMILES string of the molecule is NCCN(CCN)CP(=O)(O)O.O=P(O)(O)CCCP(=O)(O)O.O=PCCCP=O.OCO.OCO. The average molecular weight is 633 g/mol. The molecular formula is C13H40N3O15P5. The summed E-state index contributed by atoms with van der Waals surface area (Å²) in [6.45, 7) is 0.171. The first-order chi connectivity index (χ1) is 16.4. The lowest BCUT2D eigenvalue weighted by molar-refractivity contribution is 0.0767. The molecule has 0 aliphatic rings. The molecule has 0 aromatic heterocycles. The Labute approximate surface area is 212 Å². The fraction of sp³-hybridized carbons (Fsp3) is 1.00. The highest BCUT2D eigenvalue weighted by Gasteiger charge is 2.18. The van der Waals surface area contributed by atoms with Crippen LogP contribution < -0.4 is 11.5 Å². The molecule has 0 fully saturated rings. The fourth-order valence-corrected chi connectivity index (χ4v) is 4.58. The lowest BCUT2D eigenvalue weighted by Gasteiger charge is -2.20. The van der Waals surface area contributed by atoms with Crippen LogP contribution in [0, 0.1) is 0 Å². The number of aliphatic hydroxyl groups excluding tert-OH is 2. The predicted molar refractivity (Wildman–Crippen MR) is 133 cm³/mol. The number of nitrogens with zero attached hydrogens (tertiary/aromatic N) is 1. The van der Waals surface area contributed by atoms with Crippen LogP contribution >= 0.6 is 39.7 Å². The zero-order valence-corrected chi connectivity index (χ0v) is 24.0. The van der Waals surface area contributed by atoms with Crippen LogP contribution in [0.5, 0.6) is 0 Å². The third kappa shape index (κ3) is 70.1. The van der Waals surface area contributed by atoms with Gasteiger partial charge >= 0.3 is 22.8 Å². The van der Waals surface area contributed by atoms with Gasteiger partial charge in [-0.05, 0) is 12.8 Å². The van der Waals surface area contributed by atoms with E-state index in [4.69, 9.17) is 61.3 Å². The summed E-state index contributed by atoms with van der Waals surface area (Å²) in [7, 11) is -11.8. The van der Waals surface area contributed by atoms with Crippen molar-refractivity contribution in [1.29, 1.82) is 0 Å². The van der Waals surface area contributed by atoms with E-state index in [0.717, 1.165) is 6.42 Å². The van der Waals surface area contributed by atoms with Crippen LogP contribution in [0.25, 0.3) is 0 Å². The molecule has 0 amide bonds. The van der Waals surface area contributed by atoms with Crippen molar-refractivity contribution in [3.8, 4) is 0 Å². The van der Waals surface area contributed by atoms with E-state index < -0.39 is 48.7 Å². The minimum atomic E-state index is -4.10. The smallest absolute Gasteiger partial charge is 0.339 e. The van der Waals surface area contributed by atoms with Crippen LogP contribution in [0.3, 0.4) is 0 Å². The lowest BCUT2D eigenvalue weighted by Crippen LogP contribution is -2.34. The van der Waals surface area contributed by atoms with E-state index in [-0.39, 0.29) is 29.6 Å². The van der Waals surface area contributed by atoms with Gasteiger partial charge < -0.3 is 61.3 Å². The summed E-state index contributed by atoms with van der Waals surface area (Å²) in [6, 6.07) is 0. The highest BCUT2D eigenvalue weighted by Crippen LogP contribution is 2.40. The monoisotopic (exact) mass is 633 g/mol. The number of hydrogen-bond acceptors (Lipinski definition) is 12. The molecule has 0 heterocycles. The van der Waals surface area contributed by atoms with Gasteiger partial charge in [0.05, 0.1) is 12.3 Å². The first kappa shape index (κ1) is 46.2. The lowest BCUT2D eigenvalue weighted by atomic mass is 10.5. The molecule has 0 spiro atoms. The van der Waals surface area contributed by atoms with Crippen LogP contribution in [0.1, 0.15) is 12.8 Å². The maximum Gasteiger partial charge on any atom is 0.339 e. The Morgan fingerprint density at radius 1 is 0.611 bits per heavy atom. The number of aliphatic hydroxyl groups is 4. The van der Waals surface area contributed by atoms with Crippen molar-refractivity contribution in [3.63, 3.8) is 0 Å². The minimum absolute atomic E-state index is 0.158. The molecule has 23 heteroatoms. The molecular weight excluding hydrogens is 593 g/mol. The van der Waals surface area contributed by atoms with Crippen molar-refractivity contribution in [2.24, 2.45) is 11.5 Å². The van der Waals surface area contributed by atoms with E-state index in [2.05, 4.69) is 0 Å². The Balaban J connectivity index is -0.000000123. The van der Waals surface area contributed by atoms with Crippen LogP contribution in [0.2, 0.25) is 0 Å². The van der Waals surface area contributed by atoms with Crippen molar-refractivity contribution >= 4 is 39.7 Å². The molecule has 0 unspecified atom stereocenters. The van der Waals surface area contributed by atoms with Gasteiger partial charge in [0.25, 0.3) is 0 Å². The maximum atomic E-state index is 10.6. The molecule has 0 aliphatic heterocycles. The number of nitrogens with two attached hydrogens (primary N) is 2. The van der Waals surface area contributed by atoms with Gasteiger partial charge in [-0.25, -0.2) is 0 Å². The van der Waals surface area contributed by atoms with E-state index >= 15 is 0 Å². The fourth-order valence-electron chi connectivity index (χ4n) is 1.56.